The standard InChI is InChI=1S/C24H29FN4O4S/c1-2-33-22(31)15-26-24(32)28-11-9-27(10-12-28)21(30)16-29-8-6-20-19(7-13-34-20)23(29)17-4-3-5-18(25)14-17/h3-5,7,13-14,23H,2,6,8-12,15-16H2,1H3,(H,26,32). The number of urea groups is 1. The smallest absolute Gasteiger partial charge is 0.325 e. The minimum atomic E-state index is -0.479. The maximum absolute atomic E-state index is 14.0. The number of amides is 3. The number of carbonyl (C=O) groups excluding carboxylic acids is 3. The highest BCUT2D eigenvalue weighted by atomic mass is 32.1. The van der Waals surface area contributed by atoms with Crippen LogP contribution >= 0.6 is 11.3 Å². The number of benzene rings is 1. The summed E-state index contributed by atoms with van der Waals surface area (Å²) in [6.07, 6.45) is 0.862. The van der Waals surface area contributed by atoms with Gasteiger partial charge in [0.05, 0.1) is 19.2 Å². The molecule has 1 saturated heterocycles. The first-order valence-corrected chi connectivity index (χ1v) is 12.4. The Morgan fingerprint density at radius 1 is 1.12 bits per heavy atom. The third-order valence-corrected chi connectivity index (χ3v) is 7.17. The minimum absolute atomic E-state index is 0.00772. The van der Waals surface area contributed by atoms with E-state index >= 15 is 0 Å². The predicted octanol–water partition coefficient (Wildman–Crippen LogP) is 2.25. The van der Waals surface area contributed by atoms with Gasteiger partial charge in [0.15, 0.2) is 0 Å². The van der Waals surface area contributed by atoms with Crippen LogP contribution in [0.25, 0.3) is 0 Å². The van der Waals surface area contributed by atoms with E-state index < -0.39 is 5.97 Å². The molecule has 2 aliphatic heterocycles. The van der Waals surface area contributed by atoms with Crippen LogP contribution in [0.2, 0.25) is 0 Å². The summed E-state index contributed by atoms with van der Waals surface area (Å²) in [5.41, 5.74) is 1.98. The number of ether oxygens (including phenoxy) is 1. The fourth-order valence-electron chi connectivity index (χ4n) is 4.51. The lowest BCUT2D eigenvalue weighted by atomic mass is 9.93. The molecule has 0 spiro atoms. The van der Waals surface area contributed by atoms with Crippen LogP contribution < -0.4 is 5.32 Å². The lowest BCUT2D eigenvalue weighted by Gasteiger charge is -2.39. The van der Waals surface area contributed by atoms with Gasteiger partial charge >= 0.3 is 12.0 Å². The molecule has 3 heterocycles. The van der Waals surface area contributed by atoms with E-state index in [1.807, 2.05) is 6.07 Å². The van der Waals surface area contributed by atoms with Gasteiger partial charge in [-0.05, 0) is 48.1 Å². The van der Waals surface area contributed by atoms with Crippen LogP contribution in [0.15, 0.2) is 35.7 Å². The SMILES string of the molecule is CCOC(=O)CNC(=O)N1CCN(C(=O)CN2CCc3sccc3C2c2cccc(F)c2)CC1. The molecule has 0 radical (unpaired) electrons. The molecule has 0 bridgehead atoms. The van der Waals surface area contributed by atoms with Crippen molar-refractivity contribution in [2.24, 2.45) is 0 Å². The van der Waals surface area contributed by atoms with Crippen LogP contribution in [-0.4, -0.2) is 85.0 Å². The zero-order chi connectivity index (χ0) is 24.1. The monoisotopic (exact) mass is 488 g/mol. The van der Waals surface area contributed by atoms with Crippen molar-refractivity contribution in [3.63, 3.8) is 0 Å². The average Bonchev–Trinajstić information content (AvgIpc) is 3.31. The van der Waals surface area contributed by atoms with E-state index in [1.165, 1.54) is 10.9 Å². The highest BCUT2D eigenvalue weighted by Gasteiger charge is 2.33. The molecule has 34 heavy (non-hydrogen) atoms. The molecule has 1 unspecified atom stereocenters. The number of nitrogens with zero attached hydrogens (tertiary/aromatic N) is 3. The average molecular weight is 489 g/mol. The Labute approximate surface area is 202 Å². The molecule has 0 saturated carbocycles. The van der Waals surface area contributed by atoms with Crippen LogP contribution in [0.1, 0.15) is 29.0 Å². The molecule has 182 valence electrons. The zero-order valence-corrected chi connectivity index (χ0v) is 20.0. The van der Waals surface area contributed by atoms with Crippen molar-refractivity contribution >= 4 is 29.2 Å². The van der Waals surface area contributed by atoms with Crippen LogP contribution in [0, 0.1) is 5.82 Å². The Morgan fingerprint density at radius 3 is 2.62 bits per heavy atom. The molecular weight excluding hydrogens is 459 g/mol. The summed E-state index contributed by atoms with van der Waals surface area (Å²) in [5.74, 6) is -0.775. The Kier molecular flexibility index (Phi) is 7.79. The summed E-state index contributed by atoms with van der Waals surface area (Å²) >= 11 is 1.70. The van der Waals surface area contributed by atoms with E-state index in [-0.39, 0.29) is 43.5 Å². The number of nitrogens with one attached hydrogen (secondary N) is 1. The molecule has 0 aliphatic carbocycles. The molecule has 1 aromatic heterocycles. The maximum Gasteiger partial charge on any atom is 0.325 e. The number of fused-ring (bicyclic) bond motifs is 1. The molecule has 1 atom stereocenters. The molecule has 2 aromatic rings. The van der Waals surface area contributed by atoms with Crippen LogP contribution in [-0.2, 0) is 20.7 Å². The van der Waals surface area contributed by atoms with Crippen molar-refractivity contribution in [1.29, 1.82) is 0 Å². The first kappa shape index (κ1) is 24.2. The largest absolute Gasteiger partial charge is 0.465 e. The molecule has 1 fully saturated rings. The Balaban J connectivity index is 1.35. The van der Waals surface area contributed by atoms with Crippen molar-refractivity contribution < 1.29 is 23.5 Å². The molecule has 10 heteroatoms. The number of piperazine rings is 1. The summed E-state index contributed by atoms with van der Waals surface area (Å²) in [7, 11) is 0. The fraction of sp³-hybridized carbons (Fsp3) is 0.458. The van der Waals surface area contributed by atoms with E-state index in [0.29, 0.717) is 26.2 Å². The minimum Gasteiger partial charge on any atom is -0.465 e. The summed E-state index contributed by atoms with van der Waals surface area (Å²) in [6, 6.07) is 8.15. The fourth-order valence-corrected chi connectivity index (χ4v) is 5.41. The van der Waals surface area contributed by atoms with E-state index in [4.69, 9.17) is 4.74 Å². The van der Waals surface area contributed by atoms with E-state index in [2.05, 4.69) is 21.7 Å². The summed E-state index contributed by atoms with van der Waals surface area (Å²) in [5, 5.41) is 4.60. The third-order valence-electron chi connectivity index (χ3n) is 6.18. The number of thiophene rings is 1. The number of esters is 1. The second-order valence-electron chi connectivity index (χ2n) is 8.31. The van der Waals surface area contributed by atoms with Gasteiger partial charge in [0.1, 0.15) is 12.4 Å². The Morgan fingerprint density at radius 2 is 1.88 bits per heavy atom. The predicted molar refractivity (Wildman–Crippen MR) is 126 cm³/mol. The summed E-state index contributed by atoms with van der Waals surface area (Å²) < 4.78 is 18.8. The van der Waals surface area contributed by atoms with Gasteiger partial charge < -0.3 is 19.9 Å². The van der Waals surface area contributed by atoms with E-state index in [0.717, 1.165) is 24.1 Å². The van der Waals surface area contributed by atoms with Crippen LogP contribution in [0.4, 0.5) is 9.18 Å². The lowest BCUT2D eigenvalue weighted by molar-refractivity contribution is -0.141. The Hall–Kier alpha value is -2.98. The molecule has 8 nitrogen and oxygen atoms in total. The molecule has 4 rings (SSSR count). The number of carbonyl (C=O) groups is 3. The number of hydrogen-bond donors (Lipinski definition) is 1. The van der Waals surface area contributed by atoms with E-state index in [1.54, 1.807) is 40.2 Å². The second kappa shape index (κ2) is 11.0. The van der Waals surface area contributed by atoms with Crippen molar-refractivity contribution in [2.75, 3.05) is 52.4 Å². The van der Waals surface area contributed by atoms with Crippen molar-refractivity contribution in [3.05, 3.63) is 57.5 Å². The number of hydrogen-bond acceptors (Lipinski definition) is 6. The highest BCUT2D eigenvalue weighted by molar-refractivity contribution is 7.10. The zero-order valence-electron chi connectivity index (χ0n) is 19.2. The van der Waals surface area contributed by atoms with Gasteiger partial charge in [0.25, 0.3) is 0 Å². The van der Waals surface area contributed by atoms with Crippen LogP contribution in [0.5, 0.6) is 0 Å². The van der Waals surface area contributed by atoms with Gasteiger partial charge in [-0.15, -0.1) is 11.3 Å². The summed E-state index contributed by atoms with van der Waals surface area (Å²) in [4.78, 5) is 43.6. The van der Waals surface area contributed by atoms with E-state index in [9.17, 15) is 18.8 Å². The summed E-state index contributed by atoms with van der Waals surface area (Å²) in [6.45, 7) is 4.38. The first-order valence-electron chi connectivity index (χ1n) is 11.5. The quantitative estimate of drug-likeness (QED) is 0.631. The third kappa shape index (κ3) is 5.56. The maximum atomic E-state index is 14.0. The van der Waals surface area contributed by atoms with Gasteiger partial charge in [0.2, 0.25) is 5.91 Å². The molecule has 1 N–H and O–H groups in total. The molecule has 3 amide bonds. The lowest BCUT2D eigenvalue weighted by Crippen LogP contribution is -2.55. The number of rotatable bonds is 6. The molecule has 2 aliphatic rings. The van der Waals surface area contributed by atoms with Gasteiger partial charge in [-0.1, -0.05) is 12.1 Å². The molecule has 1 aromatic carbocycles. The van der Waals surface area contributed by atoms with Crippen LogP contribution in [0.3, 0.4) is 0 Å². The van der Waals surface area contributed by atoms with Gasteiger partial charge in [0, 0.05) is 37.6 Å². The van der Waals surface area contributed by atoms with Crippen molar-refractivity contribution in [3.8, 4) is 0 Å². The second-order valence-corrected chi connectivity index (χ2v) is 9.31. The van der Waals surface area contributed by atoms with Gasteiger partial charge in [-0.25, -0.2) is 9.18 Å². The number of halogens is 1. The first-order chi connectivity index (χ1) is 16.5. The highest BCUT2D eigenvalue weighted by Crippen LogP contribution is 2.37. The molecular formula is C24H29FN4O4S. The van der Waals surface area contributed by atoms with Crippen molar-refractivity contribution in [2.45, 2.75) is 19.4 Å². The van der Waals surface area contributed by atoms with Crippen molar-refractivity contribution in [1.82, 2.24) is 20.0 Å². The Bertz CT molecular complexity index is 1040. The van der Waals surface area contributed by atoms with Gasteiger partial charge in [-0.2, -0.15) is 0 Å². The topological polar surface area (TPSA) is 82.2 Å². The normalized spacial score (nSPS) is 18.4. The van der Waals surface area contributed by atoms with Gasteiger partial charge in [-0.3, -0.25) is 14.5 Å².